The molecule has 1 aliphatic rings. The molecule has 2 heterocycles. The number of aryl methyl sites for hydroxylation is 1. The standard InChI is InChI=1S/C10H16N2O3S/c1-8-2-3-10(15-8)16(13,14)12-6-4-9(11)5-7-12/h2-3,9H,4-7,11H2,1H3. The van der Waals surface area contributed by atoms with Crippen LogP contribution >= 0.6 is 0 Å². The van der Waals surface area contributed by atoms with Gasteiger partial charge in [0.15, 0.2) is 0 Å². The smallest absolute Gasteiger partial charge is 0.276 e. The van der Waals surface area contributed by atoms with Crippen molar-refractivity contribution in [3.8, 4) is 0 Å². The Labute approximate surface area is 95.3 Å². The van der Waals surface area contributed by atoms with E-state index in [-0.39, 0.29) is 11.1 Å². The summed E-state index contributed by atoms with van der Waals surface area (Å²) in [4.78, 5) is 0. The largest absolute Gasteiger partial charge is 0.449 e. The SMILES string of the molecule is Cc1ccc(S(=O)(=O)N2CCC(N)CC2)o1. The van der Waals surface area contributed by atoms with Gasteiger partial charge in [-0.05, 0) is 31.9 Å². The Morgan fingerprint density at radius 2 is 2.00 bits per heavy atom. The van der Waals surface area contributed by atoms with Crippen LogP contribution in [-0.2, 0) is 10.0 Å². The van der Waals surface area contributed by atoms with E-state index in [1.807, 2.05) is 0 Å². The van der Waals surface area contributed by atoms with Crippen molar-refractivity contribution < 1.29 is 12.8 Å². The summed E-state index contributed by atoms with van der Waals surface area (Å²) in [6, 6.07) is 3.27. The number of hydrogen-bond acceptors (Lipinski definition) is 4. The van der Waals surface area contributed by atoms with Crippen molar-refractivity contribution in [2.24, 2.45) is 5.73 Å². The lowest BCUT2D eigenvalue weighted by molar-refractivity contribution is 0.308. The van der Waals surface area contributed by atoms with Gasteiger partial charge in [0.05, 0.1) is 0 Å². The first-order valence-corrected chi connectivity index (χ1v) is 6.76. The van der Waals surface area contributed by atoms with Crippen LogP contribution in [0.4, 0.5) is 0 Å². The Bertz CT molecular complexity index is 458. The minimum Gasteiger partial charge on any atom is -0.449 e. The molecule has 2 N–H and O–H groups in total. The van der Waals surface area contributed by atoms with Gasteiger partial charge < -0.3 is 10.2 Å². The summed E-state index contributed by atoms with van der Waals surface area (Å²) in [5, 5.41) is 0.0282. The molecule has 6 heteroatoms. The zero-order valence-electron chi connectivity index (χ0n) is 9.22. The van der Waals surface area contributed by atoms with Crippen LogP contribution in [0.15, 0.2) is 21.6 Å². The van der Waals surface area contributed by atoms with Crippen molar-refractivity contribution in [3.63, 3.8) is 0 Å². The summed E-state index contributed by atoms with van der Waals surface area (Å²) < 4.78 is 30.8. The molecule has 1 aliphatic heterocycles. The average Bonchev–Trinajstić information content (AvgIpc) is 2.66. The van der Waals surface area contributed by atoms with E-state index in [9.17, 15) is 8.42 Å². The molecule has 1 aromatic rings. The monoisotopic (exact) mass is 244 g/mol. The van der Waals surface area contributed by atoms with Crippen molar-refractivity contribution in [2.45, 2.75) is 30.9 Å². The van der Waals surface area contributed by atoms with Crippen LogP contribution in [0.3, 0.4) is 0 Å². The van der Waals surface area contributed by atoms with E-state index in [0.29, 0.717) is 31.7 Å². The maximum Gasteiger partial charge on any atom is 0.276 e. The molecular weight excluding hydrogens is 228 g/mol. The van der Waals surface area contributed by atoms with Gasteiger partial charge in [0, 0.05) is 19.1 Å². The molecule has 2 rings (SSSR count). The summed E-state index contributed by atoms with van der Waals surface area (Å²) in [6.07, 6.45) is 1.41. The molecule has 1 aromatic heterocycles. The minimum atomic E-state index is -3.45. The summed E-state index contributed by atoms with van der Waals surface area (Å²) in [7, 11) is -3.45. The van der Waals surface area contributed by atoms with E-state index in [1.54, 1.807) is 13.0 Å². The molecule has 0 aliphatic carbocycles. The topological polar surface area (TPSA) is 76.5 Å². The zero-order valence-corrected chi connectivity index (χ0v) is 10.0. The van der Waals surface area contributed by atoms with Crippen LogP contribution in [0.1, 0.15) is 18.6 Å². The molecule has 90 valence electrons. The summed E-state index contributed by atoms with van der Waals surface area (Å²) >= 11 is 0. The third-order valence-electron chi connectivity index (χ3n) is 2.81. The van der Waals surface area contributed by atoms with Crippen molar-refractivity contribution >= 4 is 10.0 Å². The van der Waals surface area contributed by atoms with E-state index in [4.69, 9.17) is 10.2 Å². The van der Waals surface area contributed by atoms with Gasteiger partial charge in [-0.25, -0.2) is 8.42 Å². The number of furan rings is 1. The van der Waals surface area contributed by atoms with Gasteiger partial charge >= 0.3 is 0 Å². The number of nitrogens with two attached hydrogens (primary N) is 1. The molecular formula is C10H16N2O3S. The predicted octanol–water partition coefficient (Wildman–Crippen LogP) is 0.700. The van der Waals surface area contributed by atoms with Crippen molar-refractivity contribution in [1.82, 2.24) is 4.31 Å². The minimum absolute atomic E-state index is 0.0282. The van der Waals surface area contributed by atoms with Gasteiger partial charge in [-0.3, -0.25) is 0 Å². The van der Waals surface area contributed by atoms with E-state index in [2.05, 4.69) is 0 Å². The van der Waals surface area contributed by atoms with Gasteiger partial charge in [-0.2, -0.15) is 4.31 Å². The fourth-order valence-corrected chi connectivity index (χ4v) is 3.22. The van der Waals surface area contributed by atoms with Crippen LogP contribution in [-0.4, -0.2) is 31.9 Å². The van der Waals surface area contributed by atoms with E-state index >= 15 is 0 Å². The first kappa shape index (κ1) is 11.6. The lowest BCUT2D eigenvalue weighted by atomic mass is 10.1. The predicted molar refractivity (Wildman–Crippen MR) is 59.4 cm³/mol. The molecule has 0 saturated carbocycles. The first-order chi connectivity index (χ1) is 7.50. The van der Waals surface area contributed by atoms with Crippen LogP contribution < -0.4 is 5.73 Å². The zero-order chi connectivity index (χ0) is 11.8. The highest BCUT2D eigenvalue weighted by Crippen LogP contribution is 2.21. The Kier molecular flexibility index (Phi) is 3.05. The van der Waals surface area contributed by atoms with Crippen molar-refractivity contribution in [2.75, 3.05) is 13.1 Å². The van der Waals surface area contributed by atoms with E-state index < -0.39 is 10.0 Å². The highest BCUT2D eigenvalue weighted by molar-refractivity contribution is 7.89. The second-order valence-electron chi connectivity index (χ2n) is 4.11. The number of sulfonamides is 1. The molecule has 0 bridgehead atoms. The summed E-state index contributed by atoms with van der Waals surface area (Å²) in [5.74, 6) is 0.604. The Morgan fingerprint density at radius 3 is 2.50 bits per heavy atom. The van der Waals surface area contributed by atoms with Gasteiger partial charge in [-0.1, -0.05) is 0 Å². The van der Waals surface area contributed by atoms with Crippen LogP contribution in [0, 0.1) is 6.92 Å². The summed E-state index contributed by atoms with van der Waals surface area (Å²) in [6.45, 7) is 2.68. The lowest BCUT2D eigenvalue weighted by Crippen LogP contribution is -2.42. The number of rotatable bonds is 2. The molecule has 0 aromatic carbocycles. The molecule has 1 saturated heterocycles. The molecule has 16 heavy (non-hydrogen) atoms. The molecule has 5 nitrogen and oxygen atoms in total. The Hall–Kier alpha value is -0.850. The van der Waals surface area contributed by atoms with Gasteiger partial charge in [0.1, 0.15) is 5.76 Å². The van der Waals surface area contributed by atoms with Crippen LogP contribution in [0.25, 0.3) is 0 Å². The maximum atomic E-state index is 12.1. The molecule has 0 unspecified atom stereocenters. The average molecular weight is 244 g/mol. The van der Waals surface area contributed by atoms with Crippen LogP contribution in [0.5, 0.6) is 0 Å². The number of piperidine rings is 1. The fraction of sp³-hybridized carbons (Fsp3) is 0.600. The molecule has 0 amide bonds. The van der Waals surface area contributed by atoms with Gasteiger partial charge in [0.2, 0.25) is 5.09 Å². The molecule has 1 fully saturated rings. The third-order valence-corrected chi connectivity index (χ3v) is 4.58. The third kappa shape index (κ3) is 2.14. The van der Waals surface area contributed by atoms with Crippen molar-refractivity contribution in [3.05, 3.63) is 17.9 Å². The Balaban J connectivity index is 2.20. The van der Waals surface area contributed by atoms with Gasteiger partial charge in [-0.15, -0.1) is 0 Å². The van der Waals surface area contributed by atoms with Crippen molar-refractivity contribution in [1.29, 1.82) is 0 Å². The van der Waals surface area contributed by atoms with Gasteiger partial charge in [0.25, 0.3) is 10.0 Å². The van der Waals surface area contributed by atoms with E-state index in [1.165, 1.54) is 10.4 Å². The Morgan fingerprint density at radius 1 is 1.38 bits per heavy atom. The van der Waals surface area contributed by atoms with Crippen LogP contribution in [0.2, 0.25) is 0 Å². The lowest BCUT2D eigenvalue weighted by Gasteiger charge is -2.28. The molecule has 0 radical (unpaired) electrons. The molecule has 0 atom stereocenters. The highest BCUT2D eigenvalue weighted by atomic mass is 32.2. The molecule has 0 spiro atoms. The highest BCUT2D eigenvalue weighted by Gasteiger charge is 2.30. The number of hydrogen-bond donors (Lipinski definition) is 1. The first-order valence-electron chi connectivity index (χ1n) is 5.32. The normalized spacial score (nSPS) is 20.1. The number of nitrogens with zero attached hydrogens (tertiary/aromatic N) is 1. The van der Waals surface area contributed by atoms with E-state index in [0.717, 1.165) is 0 Å². The quantitative estimate of drug-likeness (QED) is 0.830. The summed E-state index contributed by atoms with van der Waals surface area (Å²) in [5.41, 5.74) is 5.74. The fourth-order valence-electron chi connectivity index (χ4n) is 1.79. The second kappa shape index (κ2) is 4.20. The maximum absolute atomic E-state index is 12.1. The second-order valence-corrected chi connectivity index (χ2v) is 5.98.